The van der Waals surface area contributed by atoms with Crippen LogP contribution in [0.25, 0.3) is 0 Å². The molecule has 58 heavy (non-hydrogen) atoms. The molecule has 10 nitrogen and oxygen atoms in total. The van der Waals surface area contributed by atoms with Crippen molar-refractivity contribution in [2.24, 2.45) is 9.98 Å². The average molecular weight is 914 g/mol. The van der Waals surface area contributed by atoms with Crippen molar-refractivity contribution < 1.29 is 54.8 Å². The van der Waals surface area contributed by atoms with Crippen LogP contribution in [-0.2, 0) is 9.47 Å². The topological polar surface area (TPSA) is 144 Å². The van der Waals surface area contributed by atoms with Crippen molar-refractivity contribution in [1.82, 2.24) is 0 Å². The first kappa shape index (κ1) is 50.6. The van der Waals surface area contributed by atoms with Gasteiger partial charge in [0.2, 0.25) is 0 Å². The molecule has 0 radical (unpaired) electrons. The first-order chi connectivity index (χ1) is 27.0. The number of fused-ring (bicyclic) bond motifs is 4. The number of amides is 2. The molecule has 2 amide bonds. The number of nitrogens with two attached hydrogens (primary N) is 1. The summed E-state index contributed by atoms with van der Waals surface area (Å²) in [6, 6.07) is 35.7. The molecular formula is C41H40Cl5N5NaO5P. The fraction of sp³-hybridized carbons (Fsp3) is 0.146. The van der Waals surface area contributed by atoms with E-state index in [1.54, 1.807) is 72.8 Å². The number of methoxy groups -OCH3 is 1. The van der Waals surface area contributed by atoms with E-state index in [0.29, 0.717) is 44.1 Å². The second-order valence-electron chi connectivity index (χ2n) is 11.4. The molecule has 0 bridgehead atoms. The summed E-state index contributed by atoms with van der Waals surface area (Å²) in [4.78, 5) is 43.9. The number of para-hydroxylation sites is 5. The summed E-state index contributed by atoms with van der Waals surface area (Å²) in [5, 5.41) is 6.34. The Hall–Kier alpha value is -3.51. The van der Waals surface area contributed by atoms with E-state index in [0.717, 1.165) is 35.7 Å². The number of ether oxygens (including phenoxy) is 2. The molecule has 3 heterocycles. The Morgan fingerprint density at radius 2 is 1.03 bits per heavy atom. The number of rotatable bonds is 1. The molecule has 3 aliphatic rings. The molecule has 0 aromatic heterocycles. The van der Waals surface area contributed by atoms with Gasteiger partial charge < -0.3 is 27.3 Å². The molecule has 1 fully saturated rings. The van der Waals surface area contributed by atoms with Crippen LogP contribution in [0.1, 0.15) is 63.9 Å². The van der Waals surface area contributed by atoms with Gasteiger partial charge in [-0.05, 0) is 73.5 Å². The quantitative estimate of drug-likeness (QED) is 0.0662. The third-order valence-corrected chi connectivity index (χ3v) is 8.30. The molecule has 17 heteroatoms. The van der Waals surface area contributed by atoms with Gasteiger partial charge in [-0.1, -0.05) is 125 Å². The first-order valence-corrected chi connectivity index (χ1v) is 21.6. The third kappa shape index (κ3) is 15.6. The van der Waals surface area contributed by atoms with Crippen LogP contribution in [0.15, 0.2) is 131 Å². The summed E-state index contributed by atoms with van der Waals surface area (Å²) >= 11 is 27.1. The summed E-state index contributed by atoms with van der Waals surface area (Å²) in [5.74, 6) is -2.05. The van der Waals surface area contributed by atoms with Crippen LogP contribution in [0.2, 0.25) is 0 Å². The van der Waals surface area contributed by atoms with Crippen LogP contribution < -0.4 is 45.9 Å². The minimum atomic E-state index is -1.20. The van der Waals surface area contributed by atoms with Gasteiger partial charge in [0.1, 0.15) is 10.3 Å². The smallest absolute Gasteiger partial charge is 1.00 e. The minimum Gasteiger partial charge on any atom is -1.00 e. The Morgan fingerprint density at radius 3 is 1.41 bits per heavy atom. The number of nitrogens with one attached hydrogen (secondary N) is 2. The molecule has 0 aliphatic carbocycles. The number of hydrogen-bond donors (Lipinski definition) is 3. The summed E-state index contributed by atoms with van der Waals surface area (Å²) in [7, 11) is 1.33. The van der Waals surface area contributed by atoms with E-state index in [1.165, 1.54) is 20.0 Å². The maximum Gasteiger partial charge on any atom is 1.00 e. The van der Waals surface area contributed by atoms with Crippen LogP contribution in [0, 0.1) is 0 Å². The largest absolute Gasteiger partial charge is 1.00 e. The van der Waals surface area contributed by atoms with E-state index in [2.05, 4.69) is 25.4 Å². The van der Waals surface area contributed by atoms with Gasteiger partial charge in [0.25, 0.3) is 11.8 Å². The van der Waals surface area contributed by atoms with Crippen LogP contribution in [0.5, 0.6) is 0 Å². The molecule has 300 valence electrons. The van der Waals surface area contributed by atoms with Crippen LogP contribution in [0.4, 0.5) is 28.4 Å². The first-order valence-electron chi connectivity index (χ1n) is 16.8. The average Bonchev–Trinajstić information content (AvgIpc) is 3.79. The van der Waals surface area contributed by atoms with Gasteiger partial charge in [-0.3, -0.25) is 9.59 Å². The second kappa shape index (κ2) is 26.6. The van der Waals surface area contributed by atoms with E-state index < -0.39 is 11.9 Å². The van der Waals surface area contributed by atoms with Crippen LogP contribution in [0.3, 0.4) is 0 Å². The monoisotopic (exact) mass is 911 g/mol. The summed E-state index contributed by atoms with van der Waals surface area (Å²) in [5.41, 5.74) is 11.3. The van der Waals surface area contributed by atoms with Gasteiger partial charge in [-0.25, -0.2) is 14.8 Å². The number of anilines is 3. The number of aliphatic imine (C=N–C) groups is 2. The summed E-state index contributed by atoms with van der Waals surface area (Å²) < 4.78 is 9.44. The SMILES string of the molecule is C.C1CCOC1.COC(=O)c1ccccc1N.ClC1=Nc2ccccc2C(Cl)=Nc2ccccc21.ClP(Cl)Cl.O=C1Nc2ccccc2C(=O)Nc2ccccc21.[H-].[Na+]. The number of halogens is 5. The molecule has 8 rings (SSSR count). The maximum absolute atomic E-state index is 12.1. The zero-order valence-corrected chi connectivity index (χ0v) is 37.4. The number of nitrogens with zero attached hydrogens (tertiary/aromatic N) is 2. The van der Waals surface area contributed by atoms with Gasteiger partial charge in [0.15, 0.2) is 5.98 Å². The van der Waals surface area contributed by atoms with Crippen molar-refractivity contribution in [2.75, 3.05) is 36.7 Å². The molecule has 0 atom stereocenters. The fourth-order valence-electron chi connectivity index (χ4n) is 5.09. The minimum absolute atomic E-state index is 0. The number of esters is 1. The molecule has 0 unspecified atom stereocenters. The number of nitrogen functional groups attached to an aromatic ring is 1. The normalized spacial score (nSPS) is 12.9. The Labute approximate surface area is 387 Å². The van der Waals surface area contributed by atoms with Gasteiger partial charge in [-0.15, -0.1) is 0 Å². The van der Waals surface area contributed by atoms with Crippen molar-refractivity contribution in [3.8, 4) is 0 Å². The summed E-state index contributed by atoms with van der Waals surface area (Å²) in [6.07, 6.45) is 2.56. The van der Waals surface area contributed by atoms with E-state index in [9.17, 15) is 14.4 Å². The standard InChI is InChI=1S/C14H8Cl2N2.C14H10N2O2.C8H9NO2.C4H8O.CH4.Cl3P.Na.H/c15-13-9-5-1-3-7-11(9)17-14(16)10-6-2-4-8-12(10)18-13;17-13-9-5-1-3-7-11(9)15-14(18)10-6-2-4-8-12(10)16-13;1-11-8(10)6-4-2-3-5-7(6)9;1-2-4-5-3-1;;1-4(2)3;;/h1-8H;1-8H,(H,15,18)(H,16,17);2-5H,9H2,1H3;1-4H2;1H4;;;/q;;;;;;+1;-1. The van der Waals surface area contributed by atoms with Crippen molar-refractivity contribution >= 4 is 119 Å². The van der Waals surface area contributed by atoms with Crippen LogP contribution >= 0.6 is 62.9 Å². The Kier molecular flexibility index (Phi) is 23.2. The predicted octanol–water partition coefficient (Wildman–Crippen LogP) is 9.67. The van der Waals surface area contributed by atoms with Crippen molar-refractivity contribution in [3.05, 3.63) is 149 Å². The third-order valence-electron chi connectivity index (χ3n) is 7.72. The Morgan fingerprint density at radius 1 is 0.672 bits per heavy atom. The fourth-order valence-corrected chi connectivity index (χ4v) is 5.59. The van der Waals surface area contributed by atoms with Crippen molar-refractivity contribution in [1.29, 1.82) is 0 Å². The Balaban J connectivity index is 0.000000399. The molecule has 4 N–H and O–H groups in total. The molecule has 0 saturated carbocycles. The van der Waals surface area contributed by atoms with Gasteiger partial charge in [0.05, 0.1) is 46.5 Å². The van der Waals surface area contributed by atoms with E-state index in [-0.39, 0.29) is 50.2 Å². The number of hydrogen-bond acceptors (Lipinski definition) is 8. The van der Waals surface area contributed by atoms with Crippen molar-refractivity contribution in [2.45, 2.75) is 20.3 Å². The van der Waals surface area contributed by atoms with E-state index in [1.807, 2.05) is 48.5 Å². The molecular weight excluding hydrogens is 874 g/mol. The van der Waals surface area contributed by atoms with Gasteiger partial charge >= 0.3 is 35.5 Å². The van der Waals surface area contributed by atoms with Crippen LogP contribution in [-0.4, -0.2) is 48.4 Å². The predicted molar refractivity (Wildman–Crippen MR) is 240 cm³/mol. The second-order valence-corrected chi connectivity index (χ2v) is 17.1. The van der Waals surface area contributed by atoms with Gasteiger partial charge in [0, 0.05) is 30.0 Å². The molecule has 5 aromatic rings. The molecule has 0 spiro atoms. The molecule has 3 aliphatic heterocycles. The number of benzene rings is 5. The Bertz CT molecular complexity index is 2090. The van der Waals surface area contributed by atoms with Gasteiger partial charge in [-0.2, -0.15) is 0 Å². The molecule has 5 aromatic carbocycles. The zero-order chi connectivity index (χ0) is 40.5. The van der Waals surface area contributed by atoms with Crippen molar-refractivity contribution in [3.63, 3.8) is 0 Å². The molecule has 1 saturated heterocycles. The zero-order valence-electron chi connectivity index (χ0n) is 31.7. The number of carbonyl (C=O) groups is 3. The maximum atomic E-state index is 12.1. The van der Waals surface area contributed by atoms with E-state index in [4.69, 9.17) is 67.4 Å². The summed E-state index contributed by atoms with van der Waals surface area (Å²) in [6.45, 7) is 2.00. The van der Waals surface area contributed by atoms with E-state index >= 15 is 0 Å². The number of carbonyl (C=O) groups excluding carboxylic acids is 3.